The fourth-order valence-corrected chi connectivity index (χ4v) is 2.99. The van der Waals surface area contributed by atoms with Gasteiger partial charge in [0.25, 0.3) is 0 Å². The Kier molecular flexibility index (Phi) is 5.38. The van der Waals surface area contributed by atoms with Crippen LogP contribution in [-0.4, -0.2) is 5.16 Å². The van der Waals surface area contributed by atoms with E-state index in [-0.39, 0.29) is 5.69 Å². The molecule has 0 amide bonds. The lowest BCUT2D eigenvalue weighted by molar-refractivity contribution is 0.277. The predicted octanol–water partition coefficient (Wildman–Crippen LogP) is 5.46. The average Bonchev–Trinajstić information content (AvgIpc) is 2.42. The van der Waals surface area contributed by atoms with E-state index in [9.17, 15) is 8.78 Å². The molecule has 0 saturated heterocycles. The van der Waals surface area contributed by atoms with Gasteiger partial charge in [-0.15, -0.1) is 0 Å². The van der Waals surface area contributed by atoms with Crippen molar-refractivity contribution in [3.05, 3.63) is 29.3 Å². The predicted molar refractivity (Wildman–Crippen MR) is 80.5 cm³/mol. The van der Waals surface area contributed by atoms with Crippen molar-refractivity contribution in [2.24, 2.45) is 16.8 Å². The number of rotatable bonds is 4. The lowest BCUT2D eigenvalue weighted by atomic mass is 9.80. The molecule has 0 unspecified atom stereocenters. The number of nitrogens with zero attached hydrogens (tertiary/aromatic N) is 1. The third kappa shape index (κ3) is 3.94. The number of thiocarbonyl (C=S) groups is 1. The first-order valence-corrected chi connectivity index (χ1v) is 7.56. The second kappa shape index (κ2) is 7.05. The molecule has 1 aromatic carbocycles. The van der Waals surface area contributed by atoms with E-state index >= 15 is 0 Å². The molecule has 1 aliphatic rings. The van der Waals surface area contributed by atoms with Crippen LogP contribution in [0.4, 0.5) is 14.5 Å². The molecule has 4 heteroatoms. The number of aryl methyl sites for hydroxylation is 1. The van der Waals surface area contributed by atoms with Crippen molar-refractivity contribution in [2.45, 2.75) is 45.4 Å². The minimum absolute atomic E-state index is 0.338. The summed E-state index contributed by atoms with van der Waals surface area (Å²) in [5.41, 5.74) is 0.359. The zero-order valence-electron chi connectivity index (χ0n) is 11.7. The minimum atomic E-state index is -0.658. The Morgan fingerprint density at radius 1 is 1.20 bits per heavy atom. The van der Waals surface area contributed by atoms with Gasteiger partial charge in [0.2, 0.25) is 0 Å². The molecule has 20 heavy (non-hydrogen) atoms. The molecule has 0 N–H and O–H groups in total. The highest BCUT2D eigenvalue weighted by molar-refractivity contribution is 7.78. The summed E-state index contributed by atoms with van der Waals surface area (Å²) in [6.07, 6.45) is 6.74. The molecule has 1 aliphatic carbocycles. The van der Waals surface area contributed by atoms with Crippen molar-refractivity contribution in [3.8, 4) is 0 Å². The summed E-state index contributed by atoms with van der Waals surface area (Å²) in [5, 5.41) is 2.00. The molecule has 2 rings (SSSR count). The smallest absolute Gasteiger partial charge is 0.152 e. The monoisotopic (exact) mass is 295 g/mol. The van der Waals surface area contributed by atoms with Crippen LogP contribution in [-0.2, 0) is 6.42 Å². The van der Waals surface area contributed by atoms with Gasteiger partial charge in [0.05, 0.1) is 5.16 Å². The van der Waals surface area contributed by atoms with Crippen LogP contribution in [0.15, 0.2) is 17.1 Å². The van der Waals surface area contributed by atoms with Crippen LogP contribution in [0.1, 0.15) is 44.6 Å². The molecule has 0 bridgehead atoms. The van der Waals surface area contributed by atoms with Gasteiger partial charge in [-0.1, -0.05) is 32.6 Å². The normalized spacial score (nSPS) is 22.4. The topological polar surface area (TPSA) is 12.4 Å². The lowest BCUT2D eigenvalue weighted by Gasteiger charge is -2.26. The molecular formula is C16H19F2NS. The first-order chi connectivity index (χ1) is 9.60. The quantitative estimate of drug-likeness (QED) is 0.531. The Balaban J connectivity index is 1.98. The zero-order valence-corrected chi connectivity index (χ0v) is 12.5. The number of isothiocyanates is 1. The Morgan fingerprint density at radius 3 is 2.35 bits per heavy atom. The van der Waals surface area contributed by atoms with E-state index < -0.39 is 11.6 Å². The summed E-state index contributed by atoms with van der Waals surface area (Å²) >= 11 is 4.38. The van der Waals surface area contributed by atoms with Crippen molar-refractivity contribution in [1.82, 2.24) is 0 Å². The van der Waals surface area contributed by atoms with Gasteiger partial charge in [-0.05, 0) is 54.6 Å². The van der Waals surface area contributed by atoms with Crippen LogP contribution in [0.3, 0.4) is 0 Å². The second-order valence-corrected chi connectivity index (χ2v) is 5.96. The summed E-state index contributed by atoms with van der Waals surface area (Å²) < 4.78 is 27.4. The summed E-state index contributed by atoms with van der Waals surface area (Å²) in [6.45, 7) is 2.29. The number of benzene rings is 1. The van der Waals surface area contributed by atoms with Crippen LogP contribution in [0.5, 0.6) is 0 Å². The maximum absolute atomic E-state index is 13.7. The zero-order chi connectivity index (χ0) is 14.5. The van der Waals surface area contributed by atoms with E-state index in [1.165, 1.54) is 37.8 Å². The first kappa shape index (κ1) is 15.3. The van der Waals surface area contributed by atoms with E-state index in [0.29, 0.717) is 17.9 Å². The molecule has 1 aromatic rings. The van der Waals surface area contributed by atoms with Crippen LogP contribution in [0.25, 0.3) is 0 Å². The molecule has 0 aromatic heterocycles. The molecule has 108 valence electrons. The van der Waals surface area contributed by atoms with Crippen molar-refractivity contribution in [1.29, 1.82) is 0 Å². The van der Waals surface area contributed by atoms with Gasteiger partial charge in [-0.3, -0.25) is 0 Å². The van der Waals surface area contributed by atoms with E-state index in [4.69, 9.17) is 0 Å². The molecule has 0 heterocycles. The van der Waals surface area contributed by atoms with E-state index in [1.54, 1.807) is 0 Å². The van der Waals surface area contributed by atoms with Crippen molar-refractivity contribution in [3.63, 3.8) is 0 Å². The molecular weight excluding hydrogens is 276 g/mol. The van der Waals surface area contributed by atoms with Crippen LogP contribution in [0, 0.1) is 23.5 Å². The third-order valence-corrected chi connectivity index (χ3v) is 4.30. The fraction of sp³-hybridized carbons (Fsp3) is 0.562. The SMILES string of the molecule is CC1CCC(CCc2cc(F)c(N=C=S)c(F)c2)CC1. The molecule has 0 atom stereocenters. The van der Waals surface area contributed by atoms with Gasteiger partial charge in [0, 0.05) is 0 Å². The third-order valence-electron chi connectivity index (χ3n) is 4.21. The van der Waals surface area contributed by atoms with Crippen LogP contribution in [0.2, 0.25) is 0 Å². The van der Waals surface area contributed by atoms with Crippen molar-refractivity contribution < 1.29 is 8.78 Å². The maximum atomic E-state index is 13.7. The standard InChI is InChI=1S/C16H19F2NS/c1-11-2-4-12(5-3-11)6-7-13-8-14(17)16(19-10-20)15(18)9-13/h8-9,11-12H,2-7H2,1H3. The molecule has 1 nitrogen and oxygen atoms in total. The molecule has 0 radical (unpaired) electrons. The number of hydrogen-bond acceptors (Lipinski definition) is 2. The number of halogens is 2. The van der Waals surface area contributed by atoms with Gasteiger partial charge < -0.3 is 0 Å². The van der Waals surface area contributed by atoms with Crippen LogP contribution < -0.4 is 0 Å². The summed E-state index contributed by atoms with van der Waals surface area (Å²) in [4.78, 5) is 3.42. The van der Waals surface area contributed by atoms with Crippen LogP contribution >= 0.6 is 12.2 Å². The first-order valence-electron chi connectivity index (χ1n) is 7.16. The van der Waals surface area contributed by atoms with Crippen molar-refractivity contribution >= 4 is 23.1 Å². The van der Waals surface area contributed by atoms with Gasteiger partial charge in [-0.25, -0.2) is 8.78 Å². The van der Waals surface area contributed by atoms with E-state index in [2.05, 4.69) is 24.1 Å². The Bertz CT molecular complexity index is 492. The van der Waals surface area contributed by atoms with Gasteiger partial charge in [0.1, 0.15) is 5.69 Å². The average molecular weight is 295 g/mol. The fourth-order valence-electron chi connectivity index (χ4n) is 2.90. The minimum Gasteiger partial charge on any atom is -0.204 e. The largest absolute Gasteiger partial charge is 0.204 e. The van der Waals surface area contributed by atoms with Gasteiger partial charge >= 0.3 is 0 Å². The molecule has 0 aliphatic heterocycles. The number of hydrogen-bond donors (Lipinski definition) is 0. The highest BCUT2D eigenvalue weighted by Gasteiger charge is 2.18. The van der Waals surface area contributed by atoms with Crippen molar-refractivity contribution in [2.75, 3.05) is 0 Å². The Labute approximate surface area is 124 Å². The molecule has 1 fully saturated rings. The van der Waals surface area contributed by atoms with Gasteiger partial charge in [0.15, 0.2) is 11.6 Å². The van der Waals surface area contributed by atoms with E-state index in [1.807, 2.05) is 5.16 Å². The number of aliphatic imine (C=N–C) groups is 1. The Hall–Kier alpha value is -1.12. The highest BCUT2D eigenvalue weighted by atomic mass is 32.1. The summed E-state index contributed by atoms with van der Waals surface area (Å²) in [7, 11) is 0. The summed E-state index contributed by atoms with van der Waals surface area (Å²) in [5.74, 6) is 0.202. The summed E-state index contributed by atoms with van der Waals surface area (Å²) in [6, 6.07) is 2.72. The second-order valence-electron chi connectivity index (χ2n) is 5.78. The highest BCUT2D eigenvalue weighted by Crippen LogP contribution is 2.32. The molecule has 1 saturated carbocycles. The maximum Gasteiger partial charge on any atom is 0.152 e. The Morgan fingerprint density at radius 2 is 1.80 bits per heavy atom. The molecule has 0 spiro atoms. The lowest BCUT2D eigenvalue weighted by Crippen LogP contribution is -2.13. The van der Waals surface area contributed by atoms with Gasteiger partial charge in [-0.2, -0.15) is 4.99 Å². The van der Waals surface area contributed by atoms with E-state index in [0.717, 1.165) is 12.3 Å².